The first kappa shape index (κ1) is 38.0. The van der Waals surface area contributed by atoms with Gasteiger partial charge in [-0.25, -0.2) is 4.79 Å². The van der Waals surface area contributed by atoms with E-state index in [9.17, 15) is 54.6 Å². The molecule has 1 heterocycles. The van der Waals surface area contributed by atoms with E-state index in [0.717, 1.165) is 20.3 Å². The Balaban J connectivity index is 1.59. The number of methoxy groups -OCH3 is 3. The number of aliphatic hydroxyl groups is 4. The summed E-state index contributed by atoms with van der Waals surface area (Å²) in [5.74, 6) is -8.90. The van der Waals surface area contributed by atoms with Crippen LogP contribution in [0.15, 0.2) is 16.1 Å². The van der Waals surface area contributed by atoms with E-state index in [-0.39, 0.29) is 16.7 Å². The van der Waals surface area contributed by atoms with E-state index in [2.05, 4.69) is 9.98 Å². The Labute approximate surface area is 301 Å². The number of fused-ring (bicyclic) bond motifs is 5. The molecule has 282 valence electrons. The minimum absolute atomic E-state index is 0.0635. The maximum Gasteiger partial charge on any atom is 0.341 e. The van der Waals surface area contributed by atoms with Crippen LogP contribution < -0.4 is 0 Å². The summed E-state index contributed by atoms with van der Waals surface area (Å²) in [7, 11) is 4.67. The van der Waals surface area contributed by atoms with Crippen LogP contribution in [0.25, 0.3) is 0 Å². The molecule has 1 fully saturated rings. The molecule has 0 radical (unpaired) electrons. The number of aliphatic imine (C=N–C) groups is 2. The van der Waals surface area contributed by atoms with Gasteiger partial charge in [0.25, 0.3) is 0 Å². The Bertz CT molecular complexity index is 2060. The zero-order chi connectivity index (χ0) is 39.1. The number of ketones is 4. The zero-order valence-electron chi connectivity index (χ0n) is 29.5. The van der Waals surface area contributed by atoms with Gasteiger partial charge >= 0.3 is 5.97 Å². The van der Waals surface area contributed by atoms with Crippen LogP contribution in [0.1, 0.15) is 87.4 Å². The van der Waals surface area contributed by atoms with Gasteiger partial charge in [-0.05, 0) is 36.6 Å². The summed E-state index contributed by atoms with van der Waals surface area (Å²) in [5.41, 5.74) is -10.5. The lowest BCUT2D eigenvalue weighted by molar-refractivity contribution is -0.206. The first-order chi connectivity index (χ1) is 25.0. The summed E-state index contributed by atoms with van der Waals surface area (Å²) in [6.07, 6.45) is -6.20. The highest BCUT2D eigenvalue weighted by Gasteiger charge is 2.73. The third-order valence-electron chi connectivity index (χ3n) is 10.9. The molecule has 0 bridgehead atoms. The van der Waals surface area contributed by atoms with E-state index in [4.69, 9.17) is 18.9 Å². The Morgan fingerprint density at radius 1 is 1.06 bits per heavy atom. The van der Waals surface area contributed by atoms with Crippen molar-refractivity contribution < 1.29 is 73.6 Å². The second-order valence-corrected chi connectivity index (χ2v) is 13.4. The van der Waals surface area contributed by atoms with Crippen LogP contribution in [0.5, 0.6) is 11.5 Å². The zero-order valence-corrected chi connectivity index (χ0v) is 29.5. The quantitative estimate of drug-likeness (QED) is 0.165. The van der Waals surface area contributed by atoms with Gasteiger partial charge in [-0.3, -0.25) is 29.2 Å². The predicted octanol–water partition coefficient (Wildman–Crippen LogP) is -0.250. The van der Waals surface area contributed by atoms with Gasteiger partial charge in [0.05, 0.1) is 61.2 Å². The van der Waals surface area contributed by atoms with Crippen LogP contribution in [0.4, 0.5) is 0 Å². The largest absolute Gasteiger partial charge is 0.507 e. The van der Waals surface area contributed by atoms with Gasteiger partial charge < -0.3 is 49.6 Å². The molecule has 3 aliphatic carbocycles. The van der Waals surface area contributed by atoms with Crippen LogP contribution in [-0.4, -0.2) is 143 Å². The van der Waals surface area contributed by atoms with Crippen molar-refractivity contribution in [3.8, 4) is 11.5 Å². The molecular formula is C36H38N2O15. The molecule has 17 heteroatoms. The van der Waals surface area contributed by atoms with Gasteiger partial charge in [0.15, 0.2) is 23.2 Å². The number of carbonyl (C=O) groups excluding carboxylic acids is 5. The molecule has 53 heavy (non-hydrogen) atoms. The fourth-order valence-corrected chi connectivity index (χ4v) is 8.33. The molecule has 1 saturated heterocycles. The molecule has 2 aromatic carbocycles. The first-order valence-electron chi connectivity index (χ1n) is 16.5. The molecule has 4 aliphatic rings. The molecule has 8 atom stereocenters. The second kappa shape index (κ2) is 13.3. The Morgan fingerprint density at radius 3 is 2.32 bits per heavy atom. The predicted molar refractivity (Wildman–Crippen MR) is 180 cm³/mol. The third kappa shape index (κ3) is 4.92. The molecule has 0 spiro atoms. The van der Waals surface area contributed by atoms with Gasteiger partial charge in [0.1, 0.15) is 23.2 Å². The van der Waals surface area contributed by atoms with Crippen molar-refractivity contribution >= 4 is 41.0 Å². The summed E-state index contributed by atoms with van der Waals surface area (Å²) in [5, 5.41) is 68.4. The normalized spacial score (nSPS) is 31.7. The monoisotopic (exact) mass is 738 g/mol. The summed E-state index contributed by atoms with van der Waals surface area (Å²) in [6, 6.07) is 0.822. The van der Waals surface area contributed by atoms with E-state index in [1.165, 1.54) is 27.3 Å². The van der Waals surface area contributed by atoms with Crippen LogP contribution >= 0.6 is 0 Å². The number of ether oxygens (including phenoxy) is 4. The Morgan fingerprint density at radius 2 is 1.74 bits per heavy atom. The molecule has 6 N–H and O–H groups in total. The molecule has 0 amide bonds. The lowest BCUT2D eigenvalue weighted by Crippen LogP contribution is -2.73. The van der Waals surface area contributed by atoms with Gasteiger partial charge in [0.2, 0.25) is 17.3 Å². The molecule has 2 aromatic rings. The highest BCUT2D eigenvalue weighted by Crippen LogP contribution is 2.57. The maximum atomic E-state index is 14.8. The molecule has 1 aliphatic heterocycles. The van der Waals surface area contributed by atoms with Crippen LogP contribution in [0.2, 0.25) is 0 Å². The number of aliphatic hydroxyl groups excluding tert-OH is 3. The molecule has 1 unspecified atom stereocenters. The second-order valence-electron chi connectivity index (χ2n) is 13.4. The molecule has 0 aromatic heterocycles. The molecule has 6 rings (SSSR count). The average Bonchev–Trinajstić information content (AvgIpc) is 3.11. The highest BCUT2D eigenvalue weighted by atomic mass is 16.6. The van der Waals surface area contributed by atoms with Gasteiger partial charge in [0, 0.05) is 50.6 Å². The molecule has 0 saturated carbocycles. The summed E-state index contributed by atoms with van der Waals surface area (Å²) in [6.45, 7) is 2.37. The number of benzene rings is 2. The number of nitrogens with zero attached hydrogens (tertiary/aromatic N) is 2. The molecule has 17 nitrogen and oxygen atoms in total. The van der Waals surface area contributed by atoms with Crippen molar-refractivity contribution in [2.75, 3.05) is 35.0 Å². The SMILES string of the molecule is CN=Cc1c(C)c(C(=O)OC)c(O)c2c1C[C@@H](O)[C@@]1(OC)C(=O)c3c(cc4c(c3O)C(=O)CC(=NC3O[C@@H](C)[C@H](OC)[C@@H](O)[C@H]3CO)C4=O)C(=O)[C@@]21O. The summed E-state index contributed by atoms with van der Waals surface area (Å²) < 4.78 is 21.5. The Kier molecular flexibility index (Phi) is 9.52. The minimum Gasteiger partial charge on any atom is -0.507 e. The van der Waals surface area contributed by atoms with Crippen molar-refractivity contribution in [3.05, 3.63) is 56.1 Å². The van der Waals surface area contributed by atoms with Crippen molar-refractivity contribution in [1.82, 2.24) is 0 Å². The van der Waals surface area contributed by atoms with E-state index in [1.807, 2.05) is 0 Å². The third-order valence-corrected chi connectivity index (χ3v) is 10.9. The van der Waals surface area contributed by atoms with Gasteiger partial charge in [-0.1, -0.05) is 0 Å². The molecular weight excluding hydrogens is 700 g/mol. The smallest absolute Gasteiger partial charge is 0.341 e. The number of Topliss-reactive ketones (excluding diaryl/α,β-unsaturated/α-hetero) is 4. The number of aromatic hydroxyl groups is 2. The number of esters is 1. The lowest BCUT2D eigenvalue weighted by Gasteiger charge is -2.53. The number of hydrogen-bond donors (Lipinski definition) is 6. The number of carbonyl (C=O) groups is 5. The van der Waals surface area contributed by atoms with E-state index in [1.54, 1.807) is 6.92 Å². The maximum absolute atomic E-state index is 14.8. The minimum atomic E-state index is -3.32. The number of phenolic OH excluding ortho intramolecular Hbond substituents is 2. The summed E-state index contributed by atoms with van der Waals surface area (Å²) in [4.78, 5) is 78.2. The standard InChI is InChI=1S/C36H38N2O15/c1-12-17(10-37-3)14-8-21(41)36(52-6)32(47)24-16(31(46)35(36,49)25(14)29(45)22(12)34(48)51-5)7-15-23(28(24)44)20(40)9-19(26(15)42)38-33-18(11-39)27(43)30(50-4)13(2)53-33/h7,10,13,18,21,27,30,33,39,41,43-45,49H,8-9,11H2,1-6H3/t13-,18+,21+,27-,30-,33?,35-,36+/m0/s1. The average molecular weight is 739 g/mol. The number of rotatable bonds is 6. The van der Waals surface area contributed by atoms with Crippen molar-refractivity contribution in [2.24, 2.45) is 15.9 Å². The fourth-order valence-electron chi connectivity index (χ4n) is 8.33. The fraction of sp³-hybridized carbons (Fsp3) is 0.472. The lowest BCUT2D eigenvalue weighted by atomic mass is 9.56. The van der Waals surface area contributed by atoms with E-state index >= 15 is 0 Å². The van der Waals surface area contributed by atoms with E-state index in [0.29, 0.717) is 0 Å². The highest BCUT2D eigenvalue weighted by molar-refractivity contribution is 6.53. The van der Waals surface area contributed by atoms with Gasteiger partial charge in [-0.15, -0.1) is 0 Å². The Hall–Kier alpha value is -4.75. The van der Waals surface area contributed by atoms with E-state index < -0.39 is 147 Å². The van der Waals surface area contributed by atoms with Crippen molar-refractivity contribution in [3.63, 3.8) is 0 Å². The van der Waals surface area contributed by atoms with Crippen molar-refractivity contribution in [1.29, 1.82) is 0 Å². The van der Waals surface area contributed by atoms with Crippen LogP contribution in [0.3, 0.4) is 0 Å². The van der Waals surface area contributed by atoms with Crippen LogP contribution in [0, 0.1) is 12.8 Å². The van der Waals surface area contributed by atoms with Gasteiger partial charge in [-0.2, -0.15) is 0 Å². The topological polar surface area (TPSA) is 268 Å². The van der Waals surface area contributed by atoms with Crippen LogP contribution in [-0.2, 0) is 31.0 Å². The number of hydrogen-bond acceptors (Lipinski definition) is 17. The first-order valence-corrected chi connectivity index (χ1v) is 16.5. The number of phenols is 2. The summed E-state index contributed by atoms with van der Waals surface area (Å²) >= 11 is 0. The van der Waals surface area contributed by atoms with Crippen molar-refractivity contribution in [2.45, 2.75) is 68.5 Å².